The predicted octanol–water partition coefficient (Wildman–Crippen LogP) is 8.18. The number of carbonyl (C=O) groups excluding carboxylic acids is 6. The average molecular weight is 1040 g/mol. The van der Waals surface area contributed by atoms with Gasteiger partial charge in [0, 0.05) is 58.5 Å². The molecule has 3 heterocycles. The molecule has 4 aliphatic rings. The van der Waals surface area contributed by atoms with E-state index in [1.54, 1.807) is 48.0 Å². The second-order valence-corrected chi connectivity index (χ2v) is 21.5. The summed E-state index contributed by atoms with van der Waals surface area (Å²) in [5.41, 5.74) is 1.20. The fourth-order valence-electron chi connectivity index (χ4n) is 10.4. The third-order valence-corrected chi connectivity index (χ3v) is 15.4. The van der Waals surface area contributed by atoms with Gasteiger partial charge in [0.25, 0.3) is 20.3 Å². The fraction of sp³-hybridized carbons (Fsp3) is 0.731. The third kappa shape index (κ3) is 16.7. The van der Waals surface area contributed by atoms with E-state index in [1.165, 1.54) is 12.0 Å². The molecule has 2 saturated heterocycles. The molecule has 1 amide bonds. The van der Waals surface area contributed by atoms with Crippen molar-refractivity contribution in [2.45, 2.75) is 180 Å². The molecule has 19 heteroatoms. The van der Waals surface area contributed by atoms with Crippen molar-refractivity contribution in [3.63, 3.8) is 0 Å². The molecule has 0 aromatic heterocycles. The van der Waals surface area contributed by atoms with Gasteiger partial charge in [0.1, 0.15) is 17.9 Å². The van der Waals surface area contributed by atoms with Crippen LogP contribution >= 0.6 is 18.0 Å². The molecule has 0 aromatic carbocycles. The summed E-state index contributed by atoms with van der Waals surface area (Å²) in [5.74, 6) is -8.60. The van der Waals surface area contributed by atoms with Crippen molar-refractivity contribution in [2.24, 2.45) is 40.0 Å². The van der Waals surface area contributed by atoms with Gasteiger partial charge in [-0.25, -0.2) is 14.1 Å². The first kappa shape index (κ1) is 60.0. The number of ketones is 3. The Balaban J connectivity index is 1.77. The number of hydrogen-bond acceptors (Lipinski definition) is 16. The highest BCUT2D eigenvalue weighted by Gasteiger charge is 2.53. The molecule has 3 aliphatic heterocycles. The monoisotopic (exact) mass is 1030 g/mol. The molecule has 3 fully saturated rings. The van der Waals surface area contributed by atoms with E-state index >= 15 is 0 Å². The molecule has 16 atom stereocenters. The van der Waals surface area contributed by atoms with Gasteiger partial charge >= 0.3 is 12.1 Å². The maximum absolute atomic E-state index is 14.5. The Hall–Kier alpha value is -3.53. The molecule has 1 unspecified atom stereocenters. The molecule has 1 saturated carbocycles. The van der Waals surface area contributed by atoms with E-state index in [-0.39, 0.29) is 57.5 Å². The smallest absolute Gasteiger partial charge is 0.460 e. The Labute approximate surface area is 424 Å². The van der Waals surface area contributed by atoms with Crippen LogP contribution in [0.25, 0.3) is 0 Å². The van der Waals surface area contributed by atoms with Crippen LogP contribution in [0.4, 0.5) is 4.79 Å². The van der Waals surface area contributed by atoms with Gasteiger partial charge in [-0.15, -0.1) is 0 Å². The van der Waals surface area contributed by atoms with Crippen molar-refractivity contribution in [1.29, 1.82) is 0 Å². The quantitative estimate of drug-likeness (QED) is 0.101. The number of piperidine rings is 1. The number of aliphatic hydroxyl groups excluding tert-OH is 1. The number of hydrogen-bond donors (Lipinski definition) is 2. The van der Waals surface area contributed by atoms with Crippen molar-refractivity contribution >= 4 is 53.4 Å². The van der Waals surface area contributed by atoms with Crippen LogP contribution in [0.1, 0.15) is 126 Å². The second kappa shape index (κ2) is 28.8. The Kier molecular flexibility index (Phi) is 24.3. The van der Waals surface area contributed by atoms with Crippen LogP contribution in [0.3, 0.4) is 0 Å². The molecule has 1 aliphatic carbocycles. The van der Waals surface area contributed by atoms with E-state index in [2.05, 4.69) is 13.9 Å². The Morgan fingerprint density at radius 2 is 1.65 bits per heavy atom. The van der Waals surface area contributed by atoms with Crippen LogP contribution in [-0.4, -0.2) is 133 Å². The highest BCUT2D eigenvalue weighted by Crippen LogP contribution is 2.38. The number of cyclic esters (lactones) is 1. The summed E-state index contributed by atoms with van der Waals surface area (Å²) >= 11 is 0. The molecule has 71 heavy (non-hydrogen) atoms. The number of rotatable bonds is 8. The van der Waals surface area contributed by atoms with Crippen molar-refractivity contribution in [2.75, 3.05) is 27.9 Å². The third-order valence-electron chi connectivity index (χ3n) is 14.8. The standard InChI is InChI=1S/C52H80N2O15P2/c1-30-16-12-11-13-17-31(2)42(63-8)28-38-21-19-36(7)52(62,68-38)48(58)49(59)54-23-15-14-18-39(54)50(60)66-43(33(4)26-37-20-22-40(55)44(27-37)64-9)29-41(56)32(3)25-35(6)46(67-51(61)69-71-53-70)47(65-10)45(57)34(5)24-30/h11-13,16-17,25,30,32-34,36-40,42-44,46-47,55,62H,14-15,18-24,26-29,70H2,1-10H3/b13-11+,16-12+,31-17+,35-25+/t30-,32-,33-,34-,36-,37+,38+,39+,40-,42+,43+,44-,46-,47+,52-/m1/s1. The maximum atomic E-state index is 14.5. The SMILES string of the molecule is CO[C@H]1C[C@@H]2CC[C@@H](C)[C@@](O)(O2)C(=O)C(=O)N2CCCC[C@H]2C(=O)O[C@H]([C@H](C)C[C@@H]2CC[C@@H](O)[C@H](OC)C2)CC(=O)[C@H](C)/C=C(\C)[C@@H](OC(=O)OP=NP)[C@@H](OC)C(=O)[C@H](C)C[C@H](C)/C=C/C=C/C=C/1C. The van der Waals surface area contributed by atoms with E-state index in [4.69, 9.17) is 32.9 Å². The summed E-state index contributed by atoms with van der Waals surface area (Å²) in [6.45, 7) is 12.5. The minimum absolute atomic E-state index is 0.0549. The molecule has 2 N–H and O–H groups in total. The molecule has 2 bridgehead atoms. The van der Waals surface area contributed by atoms with Gasteiger partial charge in [0.05, 0.1) is 24.4 Å². The molecule has 17 nitrogen and oxygen atoms in total. The van der Waals surface area contributed by atoms with Crippen molar-refractivity contribution < 1.29 is 71.9 Å². The zero-order valence-corrected chi connectivity index (χ0v) is 45.4. The maximum Gasteiger partial charge on any atom is 0.518 e. The molecule has 4 rings (SSSR count). The lowest BCUT2D eigenvalue weighted by atomic mass is 9.78. The normalized spacial score (nSPS) is 38.0. The predicted molar refractivity (Wildman–Crippen MR) is 270 cm³/mol. The van der Waals surface area contributed by atoms with Crippen LogP contribution in [0.5, 0.6) is 0 Å². The Morgan fingerprint density at radius 3 is 2.32 bits per heavy atom. The number of carbonyl (C=O) groups is 6. The molecular formula is C52H80N2O15P2. The van der Waals surface area contributed by atoms with Crippen molar-refractivity contribution in [3.05, 3.63) is 47.6 Å². The summed E-state index contributed by atoms with van der Waals surface area (Å²) in [4.78, 5) is 85.8. The van der Waals surface area contributed by atoms with Gasteiger partial charge < -0.3 is 48.1 Å². The highest BCUT2D eigenvalue weighted by molar-refractivity contribution is 7.31. The van der Waals surface area contributed by atoms with Crippen molar-refractivity contribution in [3.8, 4) is 0 Å². The first-order valence-electron chi connectivity index (χ1n) is 25.2. The Morgan fingerprint density at radius 1 is 0.915 bits per heavy atom. The van der Waals surface area contributed by atoms with Gasteiger partial charge in [-0.1, -0.05) is 71.1 Å². The van der Waals surface area contributed by atoms with Gasteiger partial charge in [-0.05, 0) is 116 Å². The minimum atomic E-state index is -2.45. The summed E-state index contributed by atoms with van der Waals surface area (Å²) in [7, 11) is 6.48. The summed E-state index contributed by atoms with van der Waals surface area (Å²) in [5, 5.41) is 22.5. The van der Waals surface area contributed by atoms with Crippen LogP contribution < -0.4 is 0 Å². The van der Waals surface area contributed by atoms with Crippen LogP contribution in [0.2, 0.25) is 0 Å². The largest absolute Gasteiger partial charge is 0.518 e. The lowest BCUT2D eigenvalue weighted by Crippen LogP contribution is -2.61. The minimum Gasteiger partial charge on any atom is -0.460 e. The molecule has 0 spiro atoms. The number of fused-ring (bicyclic) bond motifs is 3. The summed E-state index contributed by atoms with van der Waals surface area (Å²) < 4.78 is 44.1. The number of Topliss-reactive ketones (excluding diaryl/α,β-unsaturated/α-hetero) is 3. The number of ether oxygens (including phenoxy) is 6. The fourth-order valence-corrected chi connectivity index (χ4v) is 10.7. The molecule has 0 aromatic rings. The van der Waals surface area contributed by atoms with E-state index < -0.39 is 95.9 Å². The topological polar surface area (TPSA) is 223 Å². The van der Waals surface area contributed by atoms with Crippen LogP contribution in [0, 0.1) is 35.5 Å². The number of aliphatic hydroxyl groups is 2. The number of amides is 1. The number of allylic oxidation sites excluding steroid dienone is 6. The van der Waals surface area contributed by atoms with Gasteiger partial charge in [-0.3, -0.25) is 19.2 Å². The molecular weight excluding hydrogens is 955 g/mol. The second-order valence-electron chi connectivity index (χ2n) is 20.2. The number of nitrogens with zero attached hydrogens (tertiary/aromatic N) is 2. The zero-order chi connectivity index (χ0) is 52.6. The van der Waals surface area contributed by atoms with E-state index in [9.17, 15) is 39.0 Å². The van der Waals surface area contributed by atoms with Crippen molar-refractivity contribution in [1.82, 2.24) is 4.90 Å². The molecule has 398 valence electrons. The Bertz CT molecular complexity index is 1990. The lowest BCUT2D eigenvalue weighted by molar-refractivity contribution is -0.265. The number of esters is 1. The van der Waals surface area contributed by atoms with E-state index in [0.29, 0.717) is 69.8 Å². The first-order chi connectivity index (χ1) is 33.7. The van der Waals surface area contributed by atoms with Gasteiger partial charge in [0.15, 0.2) is 18.0 Å². The van der Waals surface area contributed by atoms with Crippen LogP contribution in [0.15, 0.2) is 52.1 Å². The zero-order valence-electron chi connectivity index (χ0n) is 43.4. The lowest BCUT2D eigenvalue weighted by Gasteiger charge is -2.42. The average Bonchev–Trinajstić information content (AvgIpc) is 3.34. The first-order valence-corrected chi connectivity index (χ1v) is 26.4. The van der Waals surface area contributed by atoms with Gasteiger partial charge in [-0.2, -0.15) is 0 Å². The summed E-state index contributed by atoms with van der Waals surface area (Å²) in [6.07, 6.45) is 9.27. The van der Waals surface area contributed by atoms with E-state index in [0.717, 1.165) is 5.57 Å². The summed E-state index contributed by atoms with van der Waals surface area (Å²) in [6, 6.07) is -1.18. The highest BCUT2D eigenvalue weighted by atomic mass is 31.1. The molecule has 0 radical (unpaired) electrons. The van der Waals surface area contributed by atoms with E-state index in [1.807, 2.05) is 51.2 Å². The number of methoxy groups -OCH3 is 3. The van der Waals surface area contributed by atoms with Crippen LogP contribution in [-0.2, 0) is 56.9 Å². The van der Waals surface area contributed by atoms with Gasteiger partial charge in [0.2, 0.25) is 5.79 Å².